The average Bonchev–Trinajstić information content (AvgIpc) is 3.09. The highest BCUT2D eigenvalue weighted by atomic mass is 16.5. The first-order valence-electron chi connectivity index (χ1n) is 9.14. The smallest absolute Gasteiger partial charge is 0.243 e. The summed E-state index contributed by atoms with van der Waals surface area (Å²) in [4.78, 5) is 22.5. The number of aromatic amines is 1. The maximum Gasteiger partial charge on any atom is 0.243 e. The Balaban J connectivity index is 1.36. The predicted octanol–water partition coefficient (Wildman–Crippen LogP) is 2.45. The van der Waals surface area contributed by atoms with E-state index in [0.29, 0.717) is 0 Å². The van der Waals surface area contributed by atoms with Crippen molar-refractivity contribution < 1.29 is 9.53 Å². The number of nitrogens with one attached hydrogen (secondary N) is 3. The molecule has 2 aromatic carbocycles. The van der Waals surface area contributed by atoms with Gasteiger partial charge in [0.15, 0.2) is 0 Å². The first kappa shape index (κ1) is 17.5. The molecule has 1 fully saturated rings. The summed E-state index contributed by atoms with van der Waals surface area (Å²) in [6, 6.07) is 15.4. The Labute approximate surface area is 157 Å². The zero-order valence-corrected chi connectivity index (χ0v) is 15.1. The van der Waals surface area contributed by atoms with Crippen LogP contribution in [0, 0.1) is 0 Å². The minimum atomic E-state index is -0.0914. The van der Waals surface area contributed by atoms with Crippen molar-refractivity contribution in [3.8, 4) is 0 Å². The number of anilines is 2. The van der Waals surface area contributed by atoms with E-state index in [1.807, 2.05) is 48.5 Å². The molecule has 1 saturated heterocycles. The molecule has 27 heavy (non-hydrogen) atoms. The van der Waals surface area contributed by atoms with E-state index in [1.165, 1.54) is 0 Å². The number of morpholine rings is 1. The van der Waals surface area contributed by atoms with Crippen LogP contribution >= 0.6 is 0 Å². The molecule has 0 saturated carbocycles. The molecule has 1 amide bonds. The Hall–Kier alpha value is -2.90. The number of hydrogen-bond acceptors (Lipinski definition) is 5. The number of carbonyl (C=O) groups is 1. The van der Waals surface area contributed by atoms with Crippen LogP contribution in [0.15, 0.2) is 48.5 Å². The van der Waals surface area contributed by atoms with Gasteiger partial charge in [-0.15, -0.1) is 0 Å². The summed E-state index contributed by atoms with van der Waals surface area (Å²) in [7, 11) is 0. The van der Waals surface area contributed by atoms with Gasteiger partial charge >= 0.3 is 0 Å². The summed E-state index contributed by atoms with van der Waals surface area (Å²) in [6.07, 6.45) is 0. The molecule has 0 unspecified atom stereocenters. The van der Waals surface area contributed by atoms with Gasteiger partial charge < -0.3 is 20.4 Å². The van der Waals surface area contributed by atoms with Crippen LogP contribution < -0.4 is 10.6 Å². The molecular weight excluding hydrogens is 342 g/mol. The second kappa shape index (κ2) is 8.20. The number of para-hydroxylation sites is 1. The van der Waals surface area contributed by atoms with Crippen LogP contribution in [0.2, 0.25) is 0 Å². The topological polar surface area (TPSA) is 82.3 Å². The lowest BCUT2D eigenvalue weighted by Crippen LogP contribution is -2.35. The normalized spacial score (nSPS) is 15.0. The summed E-state index contributed by atoms with van der Waals surface area (Å²) in [6.45, 7) is 4.38. The van der Waals surface area contributed by atoms with E-state index >= 15 is 0 Å². The Bertz CT molecular complexity index is 903. The number of imidazole rings is 1. The fourth-order valence-electron chi connectivity index (χ4n) is 3.13. The number of H-pyrrole nitrogens is 1. The number of nitrogens with zero attached hydrogens (tertiary/aromatic N) is 2. The molecule has 0 atom stereocenters. The molecule has 140 valence electrons. The molecule has 4 rings (SSSR count). The van der Waals surface area contributed by atoms with Crippen LogP contribution in [0.1, 0.15) is 5.82 Å². The van der Waals surface area contributed by atoms with E-state index < -0.39 is 0 Å². The van der Waals surface area contributed by atoms with Gasteiger partial charge in [-0.1, -0.05) is 18.2 Å². The van der Waals surface area contributed by atoms with Crippen molar-refractivity contribution in [1.29, 1.82) is 0 Å². The number of aromatic nitrogens is 2. The Morgan fingerprint density at radius 3 is 2.74 bits per heavy atom. The minimum Gasteiger partial charge on any atom is -0.379 e. The number of amides is 1. The second-order valence-electron chi connectivity index (χ2n) is 6.57. The summed E-state index contributed by atoms with van der Waals surface area (Å²) in [5.74, 6) is 0.840. The molecule has 2 heterocycles. The van der Waals surface area contributed by atoms with Crippen LogP contribution in [0.5, 0.6) is 0 Å². The predicted molar refractivity (Wildman–Crippen MR) is 106 cm³/mol. The van der Waals surface area contributed by atoms with Gasteiger partial charge in [0.25, 0.3) is 0 Å². The van der Waals surface area contributed by atoms with Crippen LogP contribution in [0.4, 0.5) is 11.4 Å². The Morgan fingerprint density at radius 1 is 1.11 bits per heavy atom. The highest BCUT2D eigenvalue weighted by Crippen LogP contribution is 2.18. The number of ether oxygens (including phenoxy) is 1. The zero-order valence-electron chi connectivity index (χ0n) is 15.1. The zero-order chi connectivity index (χ0) is 18.5. The van der Waals surface area contributed by atoms with E-state index in [-0.39, 0.29) is 12.5 Å². The van der Waals surface area contributed by atoms with Gasteiger partial charge in [-0.25, -0.2) is 4.98 Å². The molecule has 7 heteroatoms. The van der Waals surface area contributed by atoms with Gasteiger partial charge in [-0.05, 0) is 30.3 Å². The van der Waals surface area contributed by atoms with E-state index in [1.54, 1.807) is 0 Å². The summed E-state index contributed by atoms with van der Waals surface area (Å²) < 4.78 is 5.38. The highest BCUT2D eigenvalue weighted by molar-refractivity contribution is 5.95. The van der Waals surface area contributed by atoms with Crippen LogP contribution in [0.3, 0.4) is 0 Å². The molecule has 7 nitrogen and oxygen atoms in total. The Morgan fingerprint density at radius 2 is 1.93 bits per heavy atom. The molecule has 1 aliphatic rings. The monoisotopic (exact) mass is 365 g/mol. The molecule has 0 aliphatic carbocycles. The van der Waals surface area contributed by atoms with Crippen molar-refractivity contribution in [3.05, 3.63) is 54.4 Å². The van der Waals surface area contributed by atoms with Crippen molar-refractivity contribution in [2.45, 2.75) is 6.54 Å². The molecular formula is C20H23N5O2. The first-order valence-corrected chi connectivity index (χ1v) is 9.14. The lowest BCUT2D eigenvalue weighted by Gasteiger charge is -2.25. The third kappa shape index (κ3) is 4.64. The third-order valence-electron chi connectivity index (χ3n) is 4.52. The van der Waals surface area contributed by atoms with Crippen LogP contribution in [-0.4, -0.2) is 53.6 Å². The molecule has 1 aliphatic heterocycles. The largest absolute Gasteiger partial charge is 0.379 e. The van der Waals surface area contributed by atoms with Crippen molar-refractivity contribution in [2.75, 3.05) is 43.5 Å². The van der Waals surface area contributed by atoms with Crippen molar-refractivity contribution in [3.63, 3.8) is 0 Å². The third-order valence-corrected chi connectivity index (χ3v) is 4.52. The van der Waals surface area contributed by atoms with Gasteiger partial charge in [0.05, 0.1) is 37.3 Å². The maximum absolute atomic E-state index is 12.2. The van der Waals surface area contributed by atoms with Crippen molar-refractivity contribution in [2.24, 2.45) is 0 Å². The summed E-state index contributed by atoms with van der Waals surface area (Å²) in [5, 5.41) is 6.02. The molecule has 0 spiro atoms. The van der Waals surface area contributed by atoms with E-state index in [0.717, 1.165) is 61.1 Å². The van der Waals surface area contributed by atoms with Crippen molar-refractivity contribution in [1.82, 2.24) is 14.9 Å². The highest BCUT2D eigenvalue weighted by Gasteiger charge is 2.13. The number of carbonyl (C=O) groups excluding carboxylic acids is 1. The first-order chi connectivity index (χ1) is 13.3. The molecule has 0 bridgehead atoms. The lowest BCUT2D eigenvalue weighted by atomic mass is 10.2. The molecule has 1 aromatic heterocycles. The van der Waals surface area contributed by atoms with Crippen LogP contribution in [0.25, 0.3) is 11.0 Å². The average molecular weight is 365 g/mol. The Kier molecular flexibility index (Phi) is 5.32. The van der Waals surface area contributed by atoms with Crippen LogP contribution in [-0.2, 0) is 16.1 Å². The lowest BCUT2D eigenvalue weighted by molar-refractivity contribution is -0.114. The quantitative estimate of drug-likeness (QED) is 0.625. The number of hydrogen-bond donors (Lipinski definition) is 3. The molecule has 3 aromatic rings. The molecule has 0 radical (unpaired) electrons. The van der Waals surface area contributed by atoms with Gasteiger partial charge in [0.2, 0.25) is 5.91 Å². The van der Waals surface area contributed by atoms with Crippen molar-refractivity contribution >= 4 is 28.3 Å². The van der Waals surface area contributed by atoms with Gasteiger partial charge in [-0.2, -0.15) is 0 Å². The molecule has 3 N–H and O–H groups in total. The fraction of sp³-hybridized carbons (Fsp3) is 0.300. The number of rotatable bonds is 6. The van der Waals surface area contributed by atoms with Gasteiger partial charge in [-0.3, -0.25) is 9.69 Å². The van der Waals surface area contributed by atoms with E-state index in [9.17, 15) is 4.79 Å². The fourth-order valence-corrected chi connectivity index (χ4v) is 3.13. The standard InChI is InChI=1S/C20H23N5O2/c26-20(13-21-15-4-2-1-3-5-15)22-16-6-7-17-18(12-16)24-19(23-17)14-25-8-10-27-11-9-25/h1-7,12,21H,8-11,13-14H2,(H,22,26)(H,23,24). The minimum absolute atomic E-state index is 0.0914. The maximum atomic E-state index is 12.2. The SMILES string of the molecule is O=C(CNc1ccccc1)Nc1ccc2nc(CN3CCOCC3)[nH]c2c1. The van der Waals surface area contributed by atoms with E-state index in [2.05, 4.69) is 25.5 Å². The second-order valence-corrected chi connectivity index (χ2v) is 6.57. The number of fused-ring (bicyclic) bond motifs is 1. The van der Waals surface area contributed by atoms with E-state index in [4.69, 9.17) is 4.74 Å². The van der Waals surface area contributed by atoms with Gasteiger partial charge in [0, 0.05) is 24.5 Å². The number of benzene rings is 2. The summed E-state index contributed by atoms with van der Waals surface area (Å²) in [5.41, 5.74) is 3.50. The van der Waals surface area contributed by atoms with Gasteiger partial charge in [0.1, 0.15) is 5.82 Å². The summed E-state index contributed by atoms with van der Waals surface area (Å²) >= 11 is 0.